The Bertz CT molecular complexity index is 1830. The molecule has 0 aromatic heterocycles. The first-order chi connectivity index (χ1) is 25.0. The first kappa shape index (κ1) is 42.0. The van der Waals surface area contributed by atoms with Crippen LogP contribution in [0.3, 0.4) is 0 Å². The largest absolute Gasteiger partial charge is 0.494 e. The van der Waals surface area contributed by atoms with Crippen molar-refractivity contribution in [3.63, 3.8) is 0 Å². The van der Waals surface area contributed by atoms with Gasteiger partial charge in [0, 0.05) is 106 Å². The summed E-state index contributed by atoms with van der Waals surface area (Å²) in [5.41, 5.74) is 2.31. The lowest BCUT2D eigenvalue weighted by molar-refractivity contribution is 0.0180. The summed E-state index contributed by atoms with van der Waals surface area (Å²) in [6.07, 6.45) is 7.59. The zero-order valence-electron chi connectivity index (χ0n) is 29.5. The molecule has 0 bridgehead atoms. The Morgan fingerprint density at radius 2 is 1.00 bits per heavy atom. The van der Waals surface area contributed by atoms with E-state index in [1.54, 1.807) is 14.2 Å². The molecule has 0 aliphatic carbocycles. The van der Waals surface area contributed by atoms with Crippen LogP contribution in [-0.2, 0) is 50.9 Å². The van der Waals surface area contributed by atoms with Crippen molar-refractivity contribution in [3.8, 4) is 113 Å². The van der Waals surface area contributed by atoms with Gasteiger partial charge in [-0.1, -0.05) is 13.8 Å². The third-order valence-corrected chi connectivity index (χ3v) is 6.10. The van der Waals surface area contributed by atoms with Crippen molar-refractivity contribution in [3.05, 3.63) is 23.3 Å². The smallest absolute Gasteiger partial charge is 0.407 e. The highest BCUT2D eigenvalue weighted by Crippen LogP contribution is 2.25. The molecule has 0 spiro atoms. The number of hydrogen-bond acceptors (Lipinski definition) is 9. The Kier molecular flexibility index (Phi) is 22.7. The molecule has 1 fully saturated rings. The number of terminal acetylenes is 1. The van der Waals surface area contributed by atoms with Gasteiger partial charge in [-0.2, -0.15) is 0 Å². The molecule has 0 N–H and O–H groups in total. The summed E-state index contributed by atoms with van der Waals surface area (Å²) in [6.45, 7) is 9.30. The van der Waals surface area contributed by atoms with E-state index in [0.29, 0.717) is 71.8 Å². The highest BCUT2D eigenvalue weighted by Gasteiger charge is 2.36. The second kappa shape index (κ2) is 27.6. The van der Waals surface area contributed by atoms with Gasteiger partial charge in [0.1, 0.15) is 11.9 Å². The molecule has 0 saturated carbocycles. The molecular weight excluding hydrogens is 647 g/mol. The van der Waals surface area contributed by atoms with Crippen LogP contribution in [0.1, 0.15) is 50.7 Å². The lowest BCUT2D eigenvalue weighted by Gasteiger charge is -2.34. The molecule has 1 aliphatic heterocycles. The summed E-state index contributed by atoms with van der Waals surface area (Å²) < 4.78 is 51.2. The SMILES string of the molecule is C#CC#CC#CC#CC#CC#CC#CC#CC#COc1cc(COCCOCCOC)c(B2OCC(C)(C)CO2)c(COCCOCCOC)c1.[HH].[HH].[HH].[HH].[HH].[HH].[HH].[HH].[HH].[HH].[HH].[HH].[HH].[HH].[HH].[HH].[HH].[HH]. The van der Waals surface area contributed by atoms with Crippen molar-refractivity contribution in [2.45, 2.75) is 27.1 Å². The van der Waals surface area contributed by atoms with E-state index in [1.165, 1.54) is 0 Å². The molecule has 1 aromatic carbocycles. The molecule has 296 valence electrons. The lowest BCUT2D eigenvalue weighted by atomic mass is 9.71. The molecule has 0 amide bonds. The molecule has 51 heavy (non-hydrogen) atoms. The monoisotopic (exact) mass is 723 g/mol. The fourth-order valence-electron chi connectivity index (χ4n) is 3.85. The zero-order valence-corrected chi connectivity index (χ0v) is 29.5. The average Bonchev–Trinajstić information content (AvgIpc) is 3.12. The summed E-state index contributed by atoms with van der Waals surface area (Å²) in [5.74, 6) is 40.5. The topological polar surface area (TPSA) is 83.1 Å². The number of benzene rings is 1. The van der Waals surface area contributed by atoms with Gasteiger partial charge in [-0.05, 0) is 76.1 Å². The second-order valence-electron chi connectivity index (χ2n) is 10.8. The van der Waals surface area contributed by atoms with Gasteiger partial charge in [-0.15, -0.1) is 6.42 Å². The Morgan fingerprint density at radius 1 is 0.608 bits per heavy atom. The van der Waals surface area contributed by atoms with Crippen LogP contribution in [0, 0.1) is 113 Å². The third kappa shape index (κ3) is 20.2. The highest BCUT2D eigenvalue weighted by molar-refractivity contribution is 6.62. The van der Waals surface area contributed by atoms with Crippen LogP contribution in [0.4, 0.5) is 0 Å². The third-order valence-electron chi connectivity index (χ3n) is 6.10. The first-order valence-corrected chi connectivity index (χ1v) is 15.8. The number of ether oxygens (including phenoxy) is 7. The molecule has 1 heterocycles. The van der Waals surface area contributed by atoms with Crippen LogP contribution >= 0.6 is 0 Å². The van der Waals surface area contributed by atoms with Crippen LogP contribution in [0.25, 0.3) is 0 Å². The second-order valence-corrected chi connectivity index (χ2v) is 10.8. The normalized spacial score (nSPS) is 11.7. The van der Waals surface area contributed by atoms with E-state index in [0.717, 1.165) is 16.6 Å². The van der Waals surface area contributed by atoms with E-state index in [1.807, 2.05) is 12.1 Å². The predicted octanol–water partition coefficient (Wildman–Crippen LogP) is 6.24. The standard InChI is InChI=1S/C41H39BO9.18H2/c1-6-7-8-9-10-11-12-13-14-15-16-17-18-19-20-21-22-49-39-31-37(33-47-29-27-45-25-23-43-4)40(42-50-35-41(2,3)36-51-42)38(32-39)34-48-30-28-46-26-24-44-5;;;;;;;;;;;;;;;;;;/h1,31-32H,23-30,33-36H2,2-5H3;18*1H. The Hall–Kier alpha value is -5.20. The van der Waals surface area contributed by atoms with Crippen LogP contribution in [0.2, 0.25) is 0 Å². The summed E-state index contributed by atoms with van der Waals surface area (Å²) >= 11 is 0. The fraction of sp³-hybridized carbons (Fsp3) is 0.415. The molecule has 0 unspecified atom stereocenters. The first-order valence-electron chi connectivity index (χ1n) is 15.8. The van der Waals surface area contributed by atoms with Crippen LogP contribution in [0.5, 0.6) is 5.75 Å². The summed E-state index contributed by atoms with van der Waals surface area (Å²) in [6, 6.07) is 3.68. The quantitative estimate of drug-likeness (QED) is 0.0995. The van der Waals surface area contributed by atoms with E-state index in [-0.39, 0.29) is 44.3 Å². The number of methoxy groups -OCH3 is 2. The van der Waals surface area contributed by atoms with E-state index < -0.39 is 7.12 Å². The van der Waals surface area contributed by atoms with Gasteiger partial charge in [0.05, 0.1) is 66.1 Å². The van der Waals surface area contributed by atoms with E-state index in [4.69, 9.17) is 48.9 Å². The van der Waals surface area contributed by atoms with Crippen LogP contribution < -0.4 is 10.2 Å². The Labute approximate surface area is 330 Å². The zero-order chi connectivity index (χ0) is 36.7. The lowest BCUT2D eigenvalue weighted by Crippen LogP contribution is -2.50. The maximum Gasteiger partial charge on any atom is 0.494 e. The predicted molar refractivity (Wildman–Crippen MR) is 232 cm³/mol. The fourth-order valence-corrected chi connectivity index (χ4v) is 3.85. The minimum Gasteiger partial charge on any atom is -0.407 e. The van der Waals surface area contributed by atoms with Gasteiger partial charge in [-0.3, -0.25) is 0 Å². The molecule has 1 aromatic rings. The van der Waals surface area contributed by atoms with Crippen molar-refractivity contribution in [2.24, 2.45) is 5.41 Å². The van der Waals surface area contributed by atoms with Gasteiger partial charge < -0.3 is 42.5 Å². The van der Waals surface area contributed by atoms with Gasteiger partial charge >= 0.3 is 7.12 Å². The van der Waals surface area contributed by atoms with E-state index in [2.05, 4.69) is 115 Å². The maximum absolute atomic E-state index is 6.19. The number of hydrogen-bond donors (Lipinski definition) is 0. The summed E-state index contributed by atoms with van der Waals surface area (Å²) in [4.78, 5) is 0. The van der Waals surface area contributed by atoms with Crippen LogP contribution in [-0.4, -0.2) is 87.4 Å². The van der Waals surface area contributed by atoms with Crippen molar-refractivity contribution in [1.82, 2.24) is 0 Å². The molecular formula is C41H75BO9. The van der Waals surface area contributed by atoms with Gasteiger partial charge in [0.2, 0.25) is 0 Å². The van der Waals surface area contributed by atoms with Crippen molar-refractivity contribution in [1.29, 1.82) is 0 Å². The van der Waals surface area contributed by atoms with E-state index >= 15 is 0 Å². The maximum atomic E-state index is 6.19. The van der Waals surface area contributed by atoms with Gasteiger partial charge in [0.25, 0.3) is 0 Å². The highest BCUT2D eigenvalue weighted by atomic mass is 16.6. The molecule has 10 heteroatoms. The van der Waals surface area contributed by atoms with Crippen LogP contribution in [0.15, 0.2) is 12.1 Å². The van der Waals surface area contributed by atoms with Gasteiger partial charge in [-0.25, -0.2) is 0 Å². The average molecular weight is 723 g/mol. The van der Waals surface area contributed by atoms with Crippen molar-refractivity contribution in [2.75, 3.05) is 80.3 Å². The van der Waals surface area contributed by atoms with E-state index in [9.17, 15) is 0 Å². The Morgan fingerprint density at radius 3 is 1.43 bits per heavy atom. The minimum atomic E-state index is -0.614. The molecule has 0 atom stereocenters. The van der Waals surface area contributed by atoms with Gasteiger partial charge in [0.15, 0.2) is 0 Å². The molecule has 0 radical (unpaired) electrons. The number of rotatable bonds is 18. The molecule has 1 saturated heterocycles. The Balaban J connectivity index is -0.000000100. The van der Waals surface area contributed by atoms with Crippen molar-refractivity contribution < 1.29 is 68.1 Å². The summed E-state index contributed by atoms with van der Waals surface area (Å²) in [5, 5.41) is 0. The molecule has 2 rings (SSSR count). The summed E-state index contributed by atoms with van der Waals surface area (Å²) in [7, 11) is 2.64. The minimum absolute atomic E-state index is 0. The molecule has 1 aliphatic rings. The van der Waals surface area contributed by atoms with Crippen molar-refractivity contribution >= 4 is 12.6 Å². The molecule has 9 nitrogen and oxygen atoms in total.